The molecule has 0 aromatic rings. The Morgan fingerprint density at radius 2 is 1.67 bits per heavy atom. The van der Waals surface area contributed by atoms with Crippen molar-refractivity contribution in [3.63, 3.8) is 0 Å². The van der Waals surface area contributed by atoms with E-state index in [0.717, 1.165) is 0 Å². The minimum Gasteiger partial charge on any atom is -0.392 e. The highest BCUT2D eigenvalue weighted by molar-refractivity contribution is 4.88. The van der Waals surface area contributed by atoms with Crippen LogP contribution in [0.15, 0.2) is 0 Å². The maximum absolute atomic E-state index is 9.94. The van der Waals surface area contributed by atoms with Gasteiger partial charge in [0.2, 0.25) is 0 Å². The van der Waals surface area contributed by atoms with Crippen molar-refractivity contribution < 1.29 is 10.2 Å². The van der Waals surface area contributed by atoms with Crippen LogP contribution >= 0.6 is 0 Å². The molecule has 0 rings (SSSR count). The zero-order chi connectivity index (χ0) is 9.99. The lowest BCUT2D eigenvalue weighted by atomic mass is 9.75. The van der Waals surface area contributed by atoms with Crippen LogP contribution in [0, 0.1) is 5.41 Å². The zero-order valence-corrected chi connectivity index (χ0v) is 8.46. The second-order valence-corrected chi connectivity index (χ2v) is 4.62. The average molecular weight is 175 g/mol. The van der Waals surface area contributed by atoms with E-state index in [1.54, 1.807) is 6.92 Å². The summed E-state index contributed by atoms with van der Waals surface area (Å²) in [6, 6.07) is 0. The van der Waals surface area contributed by atoms with Gasteiger partial charge < -0.3 is 15.9 Å². The van der Waals surface area contributed by atoms with Crippen LogP contribution in [0.25, 0.3) is 0 Å². The van der Waals surface area contributed by atoms with Crippen LogP contribution in [0.1, 0.15) is 34.1 Å². The van der Waals surface area contributed by atoms with Crippen LogP contribution in [-0.4, -0.2) is 28.5 Å². The molecule has 0 aromatic heterocycles. The molecule has 4 N–H and O–H groups in total. The maximum Gasteiger partial charge on any atom is 0.0692 e. The second-order valence-electron chi connectivity index (χ2n) is 4.62. The third-order valence-corrected chi connectivity index (χ3v) is 2.52. The average Bonchev–Trinajstić information content (AvgIpc) is 1.84. The number of hydrogen-bond donors (Lipinski definition) is 3. The van der Waals surface area contributed by atoms with Gasteiger partial charge in [0.25, 0.3) is 0 Å². The predicted octanol–water partition coefficient (Wildman–Crippen LogP) is 0.493. The van der Waals surface area contributed by atoms with Crippen LogP contribution in [0.4, 0.5) is 0 Å². The number of aliphatic hydroxyl groups is 2. The summed E-state index contributed by atoms with van der Waals surface area (Å²) >= 11 is 0. The fourth-order valence-electron chi connectivity index (χ4n) is 0.848. The van der Waals surface area contributed by atoms with Gasteiger partial charge in [-0.2, -0.15) is 0 Å². The molecule has 3 nitrogen and oxygen atoms in total. The predicted molar refractivity (Wildman–Crippen MR) is 49.8 cm³/mol. The Balaban J connectivity index is 4.22. The van der Waals surface area contributed by atoms with Crippen molar-refractivity contribution in [3.8, 4) is 0 Å². The summed E-state index contributed by atoms with van der Waals surface area (Å²) < 4.78 is 0. The van der Waals surface area contributed by atoms with Gasteiger partial charge in [-0.3, -0.25) is 0 Å². The topological polar surface area (TPSA) is 66.5 Å². The normalized spacial score (nSPS) is 20.2. The fraction of sp³-hybridized carbons (Fsp3) is 1.00. The van der Waals surface area contributed by atoms with E-state index < -0.39 is 11.7 Å². The molecule has 0 aliphatic rings. The van der Waals surface area contributed by atoms with Crippen molar-refractivity contribution in [2.24, 2.45) is 11.1 Å². The number of hydrogen-bond acceptors (Lipinski definition) is 3. The van der Waals surface area contributed by atoms with Gasteiger partial charge >= 0.3 is 0 Å². The van der Waals surface area contributed by atoms with Crippen LogP contribution in [0.3, 0.4) is 0 Å². The quantitative estimate of drug-likeness (QED) is 0.585. The van der Waals surface area contributed by atoms with Gasteiger partial charge in [-0.1, -0.05) is 20.8 Å². The lowest BCUT2D eigenvalue weighted by Gasteiger charge is -2.38. The van der Waals surface area contributed by atoms with Crippen LogP contribution < -0.4 is 5.73 Å². The molecular formula is C9H21NO2. The van der Waals surface area contributed by atoms with Gasteiger partial charge in [-0.05, 0) is 12.3 Å². The Hall–Kier alpha value is -0.120. The van der Waals surface area contributed by atoms with Gasteiger partial charge in [0, 0.05) is 13.0 Å². The summed E-state index contributed by atoms with van der Waals surface area (Å²) in [5.41, 5.74) is 4.16. The first-order chi connectivity index (χ1) is 5.20. The Kier molecular flexibility index (Phi) is 3.69. The molecule has 0 aliphatic heterocycles. The molecule has 12 heavy (non-hydrogen) atoms. The third kappa shape index (κ3) is 3.09. The molecule has 3 heteroatoms. The summed E-state index contributed by atoms with van der Waals surface area (Å²) in [4.78, 5) is 0. The van der Waals surface area contributed by atoms with Gasteiger partial charge in [0.1, 0.15) is 0 Å². The summed E-state index contributed by atoms with van der Waals surface area (Å²) in [6.45, 7) is 7.75. The number of aliphatic hydroxyl groups excluding tert-OH is 1. The van der Waals surface area contributed by atoms with Crippen molar-refractivity contribution in [2.75, 3.05) is 6.54 Å². The Bertz CT molecular complexity index is 138. The molecule has 0 saturated heterocycles. The summed E-state index contributed by atoms with van der Waals surface area (Å²) in [7, 11) is 0. The first-order valence-corrected chi connectivity index (χ1v) is 4.31. The molecule has 0 heterocycles. The Morgan fingerprint density at radius 1 is 1.25 bits per heavy atom. The smallest absolute Gasteiger partial charge is 0.0692 e. The molecule has 0 aliphatic carbocycles. The van der Waals surface area contributed by atoms with E-state index in [4.69, 9.17) is 5.73 Å². The molecule has 0 fully saturated rings. The molecule has 0 spiro atoms. The highest BCUT2D eigenvalue weighted by Gasteiger charge is 2.36. The first-order valence-electron chi connectivity index (χ1n) is 4.31. The Morgan fingerprint density at radius 3 is 1.92 bits per heavy atom. The van der Waals surface area contributed by atoms with Crippen molar-refractivity contribution in [1.29, 1.82) is 0 Å². The molecular weight excluding hydrogens is 154 g/mol. The third-order valence-electron chi connectivity index (χ3n) is 2.52. The van der Waals surface area contributed by atoms with Crippen molar-refractivity contribution >= 4 is 0 Å². The second kappa shape index (κ2) is 3.73. The highest BCUT2D eigenvalue weighted by atomic mass is 16.3. The SMILES string of the molecule is CC(C)(C)[C@@](C)(O)C[C@@H](O)CN. The molecule has 0 saturated carbocycles. The maximum atomic E-state index is 9.94. The molecule has 0 aromatic carbocycles. The first kappa shape index (κ1) is 11.9. The van der Waals surface area contributed by atoms with Crippen LogP contribution in [0.5, 0.6) is 0 Å². The standard InChI is InChI=1S/C9H21NO2/c1-8(2,3)9(4,12)5-7(11)6-10/h7,11-12H,5-6,10H2,1-4H3/t7-,9+/m1/s1. The molecule has 0 bridgehead atoms. The van der Waals surface area contributed by atoms with Crippen LogP contribution in [-0.2, 0) is 0 Å². The van der Waals surface area contributed by atoms with Crippen molar-refractivity contribution in [3.05, 3.63) is 0 Å². The highest BCUT2D eigenvalue weighted by Crippen LogP contribution is 2.33. The Labute approximate surface area is 74.6 Å². The van der Waals surface area contributed by atoms with E-state index >= 15 is 0 Å². The summed E-state index contributed by atoms with van der Waals surface area (Å²) in [5, 5.41) is 19.2. The minimum atomic E-state index is -0.869. The van der Waals surface area contributed by atoms with E-state index in [-0.39, 0.29) is 12.0 Å². The lowest BCUT2D eigenvalue weighted by molar-refractivity contribution is -0.0726. The molecule has 0 amide bonds. The molecule has 0 radical (unpaired) electrons. The van der Waals surface area contributed by atoms with E-state index in [1.165, 1.54) is 0 Å². The zero-order valence-electron chi connectivity index (χ0n) is 8.46. The largest absolute Gasteiger partial charge is 0.392 e. The van der Waals surface area contributed by atoms with E-state index in [2.05, 4.69) is 0 Å². The number of nitrogens with two attached hydrogens (primary N) is 1. The summed E-state index contributed by atoms with van der Waals surface area (Å²) in [6.07, 6.45) is -0.285. The summed E-state index contributed by atoms with van der Waals surface area (Å²) in [5.74, 6) is 0. The van der Waals surface area contributed by atoms with E-state index in [9.17, 15) is 10.2 Å². The molecule has 2 atom stereocenters. The van der Waals surface area contributed by atoms with Crippen molar-refractivity contribution in [2.45, 2.75) is 45.8 Å². The molecule has 74 valence electrons. The van der Waals surface area contributed by atoms with Crippen molar-refractivity contribution in [1.82, 2.24) is 0 Å². The minimum absolute atomic E-state index is 0.201. The van der Waals surface area contributed by atoms with Gasteiger partial charge in [0.05, 0.1) is 11.7 Å². The van der Waals surface area contributed by atoms with Gasteiger partial charge in [0.15, 0.2) is 0 Å². The fourth-order valence-corrected chi connectivity index (χ4v) is 0.848. The van der Waals surface area contributed by atoms with E-state index in [1.807, 2.05) is 20.8 Å². The monoisotopic (exact) mass is 175 g/mol. The van der Waals surface area contributed by atoms with E-state index in [0.29, 0.717) is 6.42 Å². The van der Waals surface area contributed by atoms with Gasteiger partial charge in [-0.25, -0.2) is 0 Å². The molecule has 0 unspecified atom stereocenters. The number of rotatable bonds is 3. The lowest BCUT2D eigenvalue weighted by Crippen LogP contribution is -2.44. The van der Waals surface area contributed by atoms with Gasteiger partial charge in [-0.15, -0.1) is 0 Å². The van der Waals surface area contributed by atoms with Crippen LogP contribution in [0.2, 0.25) is 0 Å².